The summed E-state index contributed by atoms with van der Waals surface area (Å²) in [5.74, 6) is 0. The van der Waals surface area contributed by atoms with E-state index >= 15 is 0 Å². The number of nitrogens with zero attached hydrogens (tertiary/aromatic N) is 2. The van der Waals surface area contributed by atoms with Crippen molar-refractivity contribution in [2.45, 2.75) is 44.9 Å². The number of nitrogens with one attached hydrogen (secondary N) is 1. The van der Waals surface area contributed by atoms with Gasteiger partial charge in [0.05, 0.1) is 18.5 Å². The molecule has 7 nitrogen and oxygen atoms in total. The molecule has 2 saturated heterocycles. The summed E-state index contributed by atoms with van der Waals surface area (Å²) in [4.78, 5) is 14.1. The molecule has 0 aromatic rings. The van der Waals surface area contributed by atoms with Crippen LogP contribution in [0, 0.1) is 0 Å². The molecule has 2 aliphatic heterocycles. The number of amides is 2. The van der Waals surface area contributed by atoms with Gasteiger partial charge in [0.25, 0.3) is 0 Å². The zero-order valence-electron chi connectivity index (χ0n) is 12.9. The van der Waals surface area contributed by atoms with E-state index in [2.05, 4.69) is 5.32 Å². The van der Waals surface area contributed by atoms with Gasteiger partial charge in [0.15, 0.2) is 0 Å². The molecule has 2 heterocycles. The summed E-state index contributed by atoms with van der Waals surface area (Å²) < 4.78 is 30.2. The third-order valence-corrected chi connectivity index (χ3v) is 5.16. The zero-order chi connectivity index (χ0) is 15.6. The number of hydrogen-bond donors (Lipinski definition) is 1. The van der Waals surface area contributed by atoms with E-state index in [-0.39, 0.29) is 24.3 Å². The van der Waals surface area contributed by atoms with Crippen LogP contribution in [-0.2, 0) is 14.8 Å². The Labute approximate surface area is 126 Å². The summed E-state index contributed by atoms with van der Waals surface area (Å²) in [5.41, 5.74) is 0. The van der Waals surface area contributed by atoms with Crippen molar-refractivity contribution < 1.29 is 17.9 Å². The van der Waals surface area contributed by atoms with Gasteiger partial charge in [-0.3, -0.25) is 0 Å². The highest BCUT2D eigenvalue weighted by Gasteiger charge is 2.30. The second-order valence-corrected chi connectivity index (χ2v) is 8.05. The molecule has 0 aromatic carbocycles. The van der Waals surface area contributed by atoms with Crippen LogP contribution in [0.1, 0.15) is 26.7 Å². The van der Waals surface area contributed by atoms with Gasteiger partial charge in [-0.2, -0.15) is 0 Å². The predicted octanol–water partition coefficient (Wildman–Crippen LogP) is 0.229. The SMILES string of the molecule is CC1CN(C(=O)NC2CCCN(S(C)(=O)=O)C2)CC(C)O1. The van der Waals surface area contributed by atoms with Gasteiger partial charge in [0.1, 0.15) is 0 Å². The van der Waals surface area contributed by atoms with Crippen LogP contribution in [0.5, 0.6) is 0 Å². The van der Waals surface area contributed by atoms with E-state index in [4.69, 9.17) is 4.74 Å². The minimum Gasteiger partial charge on any atom is -0.372 e. The van der Waals surface area contributed by atoms with Crippen molar-refractivity contribution in [3.63, 3.8) is 0 Å². The lowest BCUT2D eigenvalue weighted by Crippen LogP contribution is -2.56. The predicted molar refractivity (Wildman–Crippen MR) is 79.6 cm³/mol. The van der Waals surface area contributed by atoms with Crippen molar-refractivity contribution in [2.24, 2.45) is 0 Å². The van der Waals surface area contributed by atoms with Crippen molar-refractivity contribution in [3.8, 4) is 0 Å². The van der Waals surface area contributed by atoms with E-state index in [1.807, 2.05) is 13.8 Å². The third-order valence-electron chi connectivity index (χ3n) is 3.89. The molecule has 0 aromatic heterocycles. The first-order chi connectivity index (χ1) is 9.75. The van der Waals surface area contributed by atoms with Crippen LogP contribution in [0.4, 0.5) is 4.79 Å². The Bertz CT molecular complexity index is 472. The average molecular weight is 319 g/mol. The van der Waals surface area contributed by atoms with Crippen LogP contribution in [0.25, 0.3) is 0 Å². The molecular formula is C13H25N3O4S. The fourth-order valence-corrected chi connectivity index (χ4v) is 3.88. The number of urea groups is 1. The highest BCUT2D eigenvalue weighted by Crippen LogP contribution is 2.15. The second-order valence-electron chi connectivity index (χ2n) is 6.07. The smallest absolute Gasteiger partial charge is 0.317 e. The van der Waals surface area contributed by atoms with E-state index in [1.165, 1.54) is 10.6 Å². The summed E-state index contributed by atoms with van der Waals surface area (Å²) in [7, 11) is -3.19. The van der Waals surface area contributed by atoms with Crippen LogP contribution in [0.3, 0.4) is 0 Å². The number of carbonyl (C=O) groups is 1. The number of rotatable bonds is 2. The maximum atomic E-state index is 12.3. The monoisotopic (exact) mass is 319 g/mol. The Hall–Kier alpha value is -0.860. The van der Waals surface area contributed by atoms with Gasteiger partial charge >= 0.3 is 6.03 Å². The highest BCUT2D eigenvalue weighted by atomic mass is 32.2. The van der Waals surface area contributed by atoms with Crippen LogP contribution < -0.4 is 5.32 Å². The Morgan fingerprint density at radius 2 is 1.81 bits per heavy atom. The summed E-state index contributed by atoms with van der Waals surface area (Å²) in [5, 5.41) is 2.96. The Balaban J connectivity index is 1.90. The standard InChI is InChI=1S/C13H25N3O4S/c1-10-7-15(8-11(2)20-10)13(17)14-12-5-4-6-16(9-12)21(3,18)19/h10-12H,4-9H2,1-3H3,(H,14,17). The van der Waals surface area contributed by atoms with Crippen molar-refractivity contribution in [1.29, 1.82) is 0 Å². The first-order valence-corrected chi connectivity index (χ1v) is 9.26. The first kappa shape index (κ1) is 16.5. The second kappa shape index (κ2) is 6.50. The zero-order valence-corrected chi connectivity index (χ0v) is 13.7. The van der Waals surface area contributed by atoms with Gasteiger partial charge in [-0.1, -0.05) is 0 Å². The molecule has 1 N–H and O–H groups in total. The Morgan fingerprint density at radius 3 is 2.38 bits per heavy atom. The molecule has 0 radical (unpaired) electrons. The number of morpholine rings is 1. The first-order valence-electron chi connectivity index (χ1n) is 7.41. The summed E-state index contributed by atoms with van der Waals surface area (Å²) in [6, 6.07) is -0.244. The fourth-order valence-electron chi connectivity index (χ4n) is 2.97. The largest absolute Gasteiger partial charge is 0.372 e. The Kier molecular flexibility index (Phi) is 5.11. The molecule has 3 unspecified atom stereocenters. The molecule has 0 bridgehead atoms. The van der Waals surface area contributed by atoms with Gasteiger partial charge in [0, 0.05) is 32.2 Å². The quantitative estimate of drug-likeness (QED) is 0.790. The van der Waals surface area contributed by atoms with Crippen molar-refractivity contribution >= 4 is 16.1 Å². The lowest BCUT2D eigenvalue weighted by Gasteiger charge is -2.37. The summed E-state index contributed by atoms with van der Waals surface area (Å²) in [6.45, 7) is 5.93. The van der Waals surface area contributed by atoms with Gasteiger partial charge in [-0.15, -0.1) is 0 Å². The third kappa shape index (κ3) is 4.55. The van der Waals surface area contributed by atoms with Gasteiger partial charge < -0.3 is 15.0 Å². The molecule has 2 rings (SSSR count). The van der Waals surface area contributed by atoms with Crippen molar-refractivity contribution in [1.82, 2.24) is 14.5 Å². The lowest BCUT2D eigenvalue weighted by atomic mass is 10.1. The molecule has 3 atom stereocenters. The maximum absolute atomic E-state index is 12.3. The lowest BCUT2D eigenvalue weighted by molar-refractivity contribution is -0.0548. The maximum Gasteiger partial charge on any atom is 0.317 e. The fraction of sp³-hybridized carbons (Fsp3) is 0.923. The highest BCUT2D eigenvalue weighted by molar-refractivity contribution is 7.88. The molecule has 21 heavy (non-hydrogen) atoms. The van der Waals surface area contributed by atoms with E-state index in [0.29, 0.717) is 26.2 Å². The van der Waals surface area contributed by atoms with Gasteiger partial charge in [-0.05, 0) is 26.7 Å². The number of piperidine rings is 1. The topological polar surface area (TPSA) is 79.0 Å². The molecule has 0 saturated carbocycles. The van der Waals surface area contributed by atoms with Crippen LogP contribution in [-0.4, -0.2) is 74.3 Å². The minimum absolute atomic E-state index is 0.0263. The normalized spacial score (nSPS) is 32.0. The molecule has 0 aliphatic carbocycles. The molecule has 0 spiro atoms. The summed E-state index contributed by atoms with van der Waals surface area (Å²) >= 11 is 0. The van der Waals surface area contributed by atoms with Gasteiger partial charge in [0.2, 0.25) is 10.0 Å². The molecule has 2 aliphatic rings. The number of carbonyl (C=O) groups excluding carboxylic acids is 1. The molecule has 2 amide bonds. The van der Waals surface area contributed by atoms with Crippen LogP contribution in [0.15, 0.2) is 0 Å². The number of hydrogen-bond acceptors (Lipinski definition) is 4. The average Bonchev–Trinajstić information content (AvgIpc) is 2.37. The number of sulfonamides is 1. The van der Waals surface area contributed by atoms with E-state index in [1.54, 1.807) is 4.90 Å². The molecule has 8 heteroatoms. The molecule has 122 valence electrons. The minimum atomic E-state index is -3.19. The molecule has 2 fully saturated rings. The van der Waals surface area contributed by atoms with Gasteiger partial charge in [-0.25, -0.2) is 17.5 Å². The summed E-state index contributed by atoms with van der Waals surface area (Å²) in [6.07, 6.45) is 2.85. The number of ether oxygens (including phenoxy) is 1. The molecular weight excluding hydrogens is 294 g/mol. The Morgan fingerprint density at radius 1 is 1.19 bits per heavy atom. The van der Waals surface area contributed by atoms with E-state index < -0.39 is 10.0 Å². The van der Waals surface area contributed by atoms with Crippen LogP contribution in [0.2, 0.25) is 0 Å². The van der Waals surface area contributed by atoms with Crippen molar-refractivity contribution in [2.75, 3.05) is 32.4 Å². The van der Waals surface area contributed by atoms with Crippen LogP contribution >= 0.6 is 0 Å². The van der Waals surface area contributed by atoms with Crippen molar-refractivity contribution in [3.05, 3.63) is 0 Å². The van der Waals surface area contributed by atoms with E-state index in [9.17, 15) is 13.2 Å². The van der Waals surface area contributed by atoms with E-state index in [0.717, 1.165) is 12.8 Å².